The summed E-state index contributed by atoms with van der Waals surface area (Å²) in [6.07, 6.45) is 8.59. The largest absolute Gasteiger partial charge is 0.341 e. The zero-order valence-electron chi connectivity index (χ0n) is 16.9. The quantitative estimate of drug-likeness (QED) is 0.734. The molecule has 0 N–H and O–H groups in total. The van der Waals surface area contributed by atoms with Crippen LogP contribution >= 0.6 is 11.8 Å². The van der Waals surface area contributed by atoms with Crippen LogP contribution in [0.1, 0.15) is 37.7 Å². The molecule has 3 aliphatic rings. The van der Waals surface area contributed by atoms with Crippen LogP contribution in [0.3, 0.4) is 0 Å². The molecule has 0 spiro atoms. The highest BCUT2D eigenvalue weighted by molar-refractivity contribution is 7.99. The Balaban J connectivity index is 1.48. The Morgan fingerprint density at radius 2 is 1.75 bits per heavy atom. The second-order valence-corrected chi connectivity index (χ2v) is 9.82. The number of aryl methyl sites for hydroxylation is 1. The van der Waals surface area contributed by atoms with Gasteiger partial charge >= 0.3 is 0 Å². The van der Waals surface area contributed by atoms with Crippen molar-refractivity contribution < 1.29 is 9.59 Å². The van der Waals surface area contributed by atoms with Crippen molar-refractivity contribution in [3.05, 3.63) is 35.9 Å². The van der Waals surface area contributed by atoms with Gasteiger partial charge in [-0.3, -0.25) is 9.59 Å². The fourth-order valence-electron chi connectivity index (χ4n) is 5.58. The third-order valence-electron chi connectivity index (χ3n) is 7.15. The number of hydrogen-bond donors (Lipinski definition) is 0. The summed E-state index contributed by atoms with van der Waals surface area (Å²) >= 11 is 1.60. The number of carbonyl (C=O) groups is 2. The number of likely N-dealkylation sites (tertiary alicyclic amines) is 2. The minimum absolute atomic E-state index is 0.0676. The molecule has 3 fully saturated rings. The van der Waals surface area contributed by atoms with Crippen LogP contribution in [0.5, 0.6) is 0 Å². The van der Waals surface area contributed by atoms with Crippen LogP contribution < -0.4 is 0 Å². The molecule has 2 atom stereocenters. The predicted molar refractivity (Wildman–Crippen MR) is 114 cm³/mol. The number of thioether (sulfide) groups is 1. The summed E-state index contributed by atoms with van der Waals surface area (Å²) in [5.74, 6) is 1.88. The van der Waals surface area contributed by atoms with Crippen LogP contribution in [-0.2, 0) is 16.0 Å². The summed E-state index contributed by atoms with van der Waals surface area (Å²) in [5.41, 5.74) is 1.42. The van der Waals surface area contributed by atoms with E-state index in [1.807, 2.05) is 6.26 Å². The molecule has 152 valence electrons. The van der Waals surface area contributed by atoms with Gasteiger partial charge in [-0.1, -0.05) is 43.2 Å². The number of hydrogen-bond acceptors (Lipinski definition) is 3. The number of amides is 2. The number of carbonyl (C=O) groups excluding carboxylic acids is 2. The van der Waals surface area contributed by atoms with Crippen molar-refractivity contribution >= 4 is 23.6 Å². The second-order valence-electron chi connectivity index (χ2n) is 8.95. The van der Waals surface area contributed by atoms with Crippen LogP contribution in [0, 0.1) is 17.3 Å². The molecule has 4 rings (SSSR count). The molecule has 28 heavy (non-hydrogen) atoms. The summed E-state index contributed by atoms with van der Waals surface area (Å²) in [6, 6.07) is 10.6. The molecule has 4 nitrogen and oxygen atoms in total. The van der Waals surface area contributed by atoms with Crippen LogP contribution in [0.15, 0.2) is 30.3 Å². The van der Waals surface area contributed by atoms with Gasteiger partial charge in [-0.15, -0.1) is 0 Å². The van der Waals surface area contributed by atoms with E-state index in [9.17, 15) is 9.59 Å². The van der Waals surface area contributed by atoms with E-state index in [-0.39, 0.29) is 17.2 Å². The number of benzene rings is 1. The fraction of sp³-hybridized carbons (Fsp3) is 0.652. The van der Waals surface area contributed by atoms with E-state index in [0.29, 0.717) is 17.6 Å². The van der Waals surface area contributed by atoms with Crippen molar-refractivity contribution in [1.82, 2.24) is 9.80 Å². The lowest BCUT2D eigenvalue weighted by atomic mass is 9.76. The molecule has 1 aromatic rings. The highest BCUT2D eigenvalue weighted by Crippen LogP contribution is 2.46. The van der Waals surface area contributed by atoms with Crippen molar-refractivity contribution in [3.63, 3.8) is 0 Å². The lowest BCUT2D eigenvalue weighted by Crippen LogP contribution is -2.41. The van der Waals surface area contributed by atoms with Crippen molar-refractivity contribution in [2.45, 2.75) is 38.5 Å². The van der Waals surface area contributed by atoms with E-state index in [0.717, 1.165) is 51.9 Å². The van der Waals surface area contributed by atoms with Crippen LogP contribution in [0.2, 0.25) is 0 Å². The van der Waals surface area contributed by atoms with Crippen LogP contribution in [0.4, 0.5) is 0 Å². The highest BCUT2D eigenvalue weighted by Gasteiger charge is 2.54. The van der Waals surface area contributed by atoms with Gasteiger partial charge in [-0.2, -0.15) is 11.8 Å². The molecule has 0 aromatic heterocycles. The zero-order chi connectivity index (χ0) is 19.6. The van der Waals surface area contributed by atoms with Gasteiger partial charge in [-0.25, -0.2) is 0 Å². The van der Waals surface area contributed by atoms with Gasteiger partial charge in [0.2, 0.25) is 11.8 Å². The van der Waals surface area contributed by atoms with Crippen molar-refractivity contribution in [2.75, 3.05) is 38.2 Å². The lowest BCUT2D eigenvalue weighted by molar-refractivity contribution is -0.135. The normalized spacial score (nSPS) is 27.4. The van der Waals surface area contributed by atoms with Gasteiger partial charge in [0.05, 0.1) is 5.75 Å². The monoisotopic (exact) mass is 400 g/mol. The first kappa shape index (κ1) is 19.8. The maximum atomic E-state index is 13.1. The molecule has 2 amide bonds. The average molecular weight is 401 g/mol. The smallest absolute Gasteiger partial charge is 0.232 e. The van der Waals surface area contributed by atoms with Gasteiger partial charge < -0.3 is 9.80 Å². The van der Waals surface area contributed by atoms with Crippen molar-refractivity contribution in [1.29, 1.82) is 0 Å². The fourth-order valence-corrected chi connectivity index (χ4v) is 6.01. The number of fused-ring (bicyclic) bond motifs is 1. The first-order chi connectivity index (χ1) is 13.6. The summed E-state index contributed by atoms with van der Waals surface area (Å²) in [4.78, 5) is 29.8. The highest BCUT2D eigenvalue weighted by atomic mass is 32.2. The average Bonchev–Trinajstić information content (AvgIpc) is 3.42. The molecule has 5 heteroatoms. The predicted octanol–water partition coefficient (Wildman–Crippen LogP) is 3.46. The standard InChI is InChI=1S/C23H32N2O2S/c1-28-15-21(26)24-13-20-14-25(22(27)19-9-5-6-10-19)17-23(20,16-24)12-11-18-7-3-2-4-8-18/h2-4,7-8,19-20H,5-6,9-17H2,1H3. The Hall–Kier alpha value is -1.49. The molecular formula is C23H32N2O2S. The van der Waals surface area contributed by atoms with Crippen molar-refractivity contribution in [2.24, 2.45) is 17.3 Å². The molecule has 2 saturated heterocycles. The van der Waals surface area contributed by atoms with Crippen LogP contribution in [-0.4, -0.2) is 59.8 Å². The van der Waals surface area contributed by atoms with Gasteiger partial charge in [-0.05, 0) is 37.5 Å². The van der Waals surface area contributed by atoms with Gasteiger partial charge in [0.15, 0.2) is 0 Å². The number of rotatable bonds is 6. The van der Waals surface area contributed by atoms with E-state index < -0.39 is 0 Å². The maximum absolute atomic E-state index is 13.1. The third kappa shape index (κ3) is 3.96. The van der Waals surface area contributed by atoms with Gasteiger partial charge in [0.1, 0.15) is 0 Å². The van der Waals surface area contributed by atoms with Gasteiger partial charge in [0.25, 0.3) is 0 Å². The molecular weight excluding hydrogens is 368 g/mol. The Morgan fingerprint density at radius 1 is 1.07 bits per heavy atom. The van der Waals surface area contributed by atoms with Gasteiger partial charge in [0, 0.05) is 43.4 Å². The molecule has 0 bridgehead atoms. The first-order valence-electron chi connectivity index (χ1n) is 10.7. The summed E-state index contributed by atoms with van der Waals surface area (Å²) in [7, 11) is 0. The second kappa shape index (κ2) is 8.48. The topological polar surface area (TPSA) is 40.6 Å². The minimum Gasteiger partial charge on any atom is -0.341 e. The Labute approximate surface area is 173 Å². The SMILES string of the molecule is CSCC(=O)N1CC2CN(C(=O)C3CCCC3)CC2(CCc2ccccc2)C1. The molecule has 2 aliphatic heterocycles. The maximum Gasteiger partial charge on any atom is 0.232 e. The van der Waals surface area contributed by atoms with Crippen molar-refractivity contribution in [3.8, 4) is 0 Å². The lowest BCUT2D eigenvalue weighted by Gasteiger charge is -2.30. The molecule has 1 saturated carbocycles. The zero-order valence-corrected chi connectivity index (χ0v) is 17.8. The summed E-state index contributed by atoms with van der Waals surface area (Å²) < 4.78 is 0. The molecule has 0 radical (unpaired) electrons. The number of nitrogens with zero attached hydrogens (tertiary/aromatic N) is 2. The Bertz CT molecular complexity index is 704. The summed E-state index contributed by atoms with van der Waals surface area (Å²) in [5, 5.41) is 0. The van der Waals surface area contributed by atoms with E-state index >= 15 is 0 Å². The molecule has 2 unspecified atom stereocenters. The van der Waals surface area contributed by atoms with E-state index in [2.05, 4.69) is 40.1 Å². The summed E-state index contributed by atoms with van der Waals surface area (Å²) in [6.45, 7) is 3.32. The Morgan fingerprint density at radius 3 is 2.46 bits per heavy atom. The minimum atomic E-state index is 0.0676. The third-order valence-corrected chi connectivity index (χ3v) is 7.69. The molecule has 1 aromatic carbocycles. The Kier molecular flexibility index (Phi) is 6.00. The molecule has 2 heterocycles. The first-order valence-corrected chi connectivity index (χ1v) is 12.1. The van der Waals surface area contributed by atoms with Crippen LogP contribution in [0.25, 0.3) is 0 Å². The molecule has 1 aliphatic carbocycles. The van der Waals surface area contributed by atoms with E-state index in [1.165, 1.54) is 18.4 Å². The van der Waals surface area contributed by atoms with E-state index in [4.69, 9.17) is 0 Å². The van der Waals surface area contributed by atoms with E-state index in [1.54, 1.807) is 11.8 Å².